The maximum absolute atomic E-state index is 12.9. The second-order valence-corrected chi connectivity index (χ2v) is 15.2. The SMILES string of the molecule is Cc1nc(Nc2ncc(C(=O)Nc3c(C)cccc3Cl)s2)cc(N2CCN(CCCN3CCN(c4cccc(C5CCC(=O)NC5=O)c4)CC3)CC2)n1. The van der Waals surface area contributed by atoms with E-state index in [9.17, 15) is 14.4 Å². The van der Waals surface area contributed by atoms with Gasteiger partial charge in [-0.2, -0.15) is 0 Å². The van der Waals surface area contributed by atoms with Crippen molar-refractivity contribution in [2.45, 2.75) is 39.0 Å². The smallest absolute Gasteiger partial charge is 0.267 e. The number of rotatable bonds is 11. The molecule has 3 amide bonds. The van der Waals surface area contributed by atoms with Crippen molar-refractivity contribution >= 4 is 68.8 Å². The first-order valence-corrected chi connectivity index (χ1v) is 19.4. The van der Waals surface area contributed by atoms with Gasteiger partial charge >= 0.3 is 0 Å². The van der Waals surface area contributed by atoms with Crippen LogP contribution in [0.25, 0.3) is 0 Å². The second-order valence-electron chi connectivity index (χ2n) is 13.8. The zero-order valence-electron chi connectivity index (χ0n) is 30.1. The highest BCUT2D eigenvalue weighted by atomic mass is 35.5. The summed E-state index contributed by atoms with van der Waals surface area (Å²) < 4.78 is 0. The van der Waals surface area contributed by atoms with E-state index in [1.807, 2.05) is 44.2 Å². The minimum absolute atomic E-state index is 0.181. The first kappa shape index (κ1) is 36.7. The molecule has 0 saturated carbocycles. The van der Waals surface area contributed by atoms with Crippen molar-refractivity contribution in [2.75, 3.05) is 85.9 Å². The molecular weight excluding hydrogens is 712 g/mol. The Kier molecular flexibility index (Phi) is 11.5. The van der Waals surface area contributed by atoms with Gasteiger partial charge in [0.1, 0.15) is 22.3 Å². The lowest BCUT2D eigenvalue weighted by atomic mass is 9.90. The minimum atomic E-state index is -0.265. The van der Waals surface area contributed by atoms with Gasteiger partial charge in [0, 0.05) is 70.5 Å². The number of nitrogens with zero attached hydrogens (tertiary/aromatic N) is 7. The van der Waals surface area contributed by atoms with Crippen molar-refractivity contribution < 1.29 is 14.4 Å². The number of amides is 3. The fraction of sp³-hybridized carbons (Fsp3) is 0.421. The van der Waals surface area contributed by atoms with Gasteiger partial charge in [-0.3, -0.25) is 29.5 Å². The number of anilines is 5. The molecule has 5 heterocycles. The number of thiazole rings is 1. The molecule has 1 atom stereocenters. The van der Waals surface area contributed by atoms with Crippen LogP contribution < -0.4 is 25.8 Å². The minimum Gasteiger partial charge on any atom is -0.369 e. The van der Waals surface area contributed by atoms with Crippen LogP contribution in [0.5, 0.6) is 0 Å². The van der Waals surface area contributed by atoms with Gasteiger partial charge in [0.05, 0.1) is 22.8 Å². The van der Waals surface area contributed by atoms with E-state index >= 15 is 0 Å². The van der Waals surface area contributed by atoms with Crippen LogP contribution in [-0.4, -0.2) is 108 Å². The average molecular weight is 757 g/mol. The Morgan fingerprint density at radius 2 is 1.64 bits per heavy atom. The van der Waals surface area contributed by atoms with Gasteiger partial charge in [0.25, 0.3) is 5.91 Å². The van der Waals surface area contributed by atoms with Crippen molar-refractivity contribution in [3.63, 3.8) is 0 Å². The molecule has 15 heteroatoms. The quantitative estimate of drug-likeness (QED) is 0.177. The molecule has 3 aliphatic heterocycles. The summed E-state index contributed by atoms with van der Waals surface area (Å²) in [5.74, 6) is 1.29. The number of halogens is 1. The number of aryl methyl sites for hydroxylation is 2. The Labute approximate surface area is 318 Å². The number of hydrogen-bond donors (Lipinski definition) is 3. The van der Waals surface area contributed by atoms with Crippen LogP contribution in [0.15, 0.2) is 54.7 Å². The van der Waals surface area contributed by atoms with Gasteiger partial charge in [-0.05, 0) is 69.1 Å². The molecule has 3 aliphatic rings. The number of benzene rings is 2. The normalized spacial score (nSPS) is 18.6. The summed E-state index contributed by atoms with van der Waals surface area (Å²) in [6.07, 6.45) is 3.63. The van der Waals surface area contributed by atoms with Gasteiger partial charge in [-0.25, -0.2) is 15.0 Å². The maximum atomic E-state index is 12.9. The van der Waals surface area contributed by atoms with Gasteiger partial charge < -0.3 is 20.4 Å². The highest BCUT2D eigenvalue weighted by molar-refractivity contribution is 7.17. The fourth-order valence-corrected chi connectivity index (χ4v) is 8.18. The van der Waals surface area contributed by atoms with E-state index in [1.54, 1.807) is 12.3 Å². The molecule has 2 aromatic heterocycles. The average Bonchev–Trinajstić information content (AvgIpc) is 3.62. The predicted molar refractivity (Wildman–Crippen MR) is 210 cm³/mol. The molecule has 0 bridgehead atoms. The van der Waals surface area contributed by atoms with Crippen molar-refractivity contribution in [1.82, 2.24) is 30.1 Å². The van der Waals surface area contributed by atoms with Crippen molar-refractivity contribution in [1.29, 1.82) is 0 Å². The molecule has 278 valence electrons. The van der Waals surface area contributed by atoms with Gasteiger partial charge in [0.15, 0.2) is 5.13 Å². The Morgan fingerprint density at radius 3 is 2.36 bits per heavy atom. The molecule has 0 spiro atoms. The Balaban J connectivity index is 0.840. The number of para-hydroxylation sites is 1. The molecule has 3 fully saturated rings. The maximum Gasteiger partial charge on any atom is 0.267 e. The third-order valence-electron chi connectivity index (χ3n) is 10.1. The number of carbonyl (C=O) groups is 3. The summed E-state index contributed by atoms with van der Waals surface area (Å²) in [4.78, 5) is 60.9. The number of piperazine rings is 2. The fourth-order valence-electron chi connectivity index (χ4n) is 7.19. The summed E-state index contributed by atoms with van der Waals surface area (Å²) in [6.45, 7) is 13.6. The molecule has 0 radical (unpaired) electrons. The molecule has 3 saturated heterocycles. The van der Waals surface area contributed by atoms with Crippen molar-refractivity contribution in [3.05, 3.63) is 81.6 Å². The predicted octanol–water partition coefficient (Wildman–Crippen LogP) is 5.05. The summed E-state index contributed by atoms with van der Waals surface area (Å²) in [7, 11) is 0. The summed E-state index contributed by atoms with van der Waals surface area (Å²) in [6, 6.07) is 15.7. The van der Waals surface area contributed by atoms with Crippen LogP contribution >= 0.6 is 22.9 Å². The van der Waals surface area contributed by atoms with Gasteiger partial charge in [-0.1, -0.05) is 47.2 Å². The highest BCUT2D eigenvalue weighted by Crippen LogP contribution is 2.30. The number of piperidine rings is 1. The first-order chi connectivity index (χ1) is 25.7. The zero-order chi connectivity index (χ0) is 36.9. The van der Waals surface area contributed by atoms with E-state index in [1.165, 1.54) is 11.3 Å². The molecule has 13 nitrogen and oxygen atoms in total. The van der Waals surface area contributed by atoms with Crippen molar-refractivity contribution in [2.24, 2.45) is 0 Å². The Hall–Kier alpha value is -4.63. The lowest BCUT2D eigenvalue weighted by Crippen LogP contribution is -2.49. The zero-order valence-corrected chi connectivity index (χ0v) is 31.7. The molecule has 53 heavy (non-hydrogen) atoms. The van der Waals surface area contributed by atoms with Crippen LogP contribution in [0, 0.1) is 13.8 Å². The third-order valence-corrected chi connectivity index (χ3v) is 11.4. The van der Waals surface area contributed by atoms with E-state index in [2.05, 4.69) is 57.7 Å². The van der Waals surface area contributed by atoms with E-state index in [0.29, 0.717) is 45.2 Å². The topological polar surface area (TPSA) is 139 Å². The molecule has 2 aromatic carbocycles. The first-order valence-electron chi connectivity index (χ1n) is 18.2. The van der Waals surface area contributed by atoms with E-state index in [0.717, 1.165) is 94.5 Å². The highest BCUT2D eigenvalue weighted by Gasteiger charge is 2.29. The lowest BCUT2D eigenvalue weighted by Gasteiger charge is -2.38. The van der Waals surface area contributed by atoms with Gasteiger partial charge in [-0.15, -0.1) is 0 Å². The summed E-state index contributed by atoms with van der Waals surface area (Å²) >= 11 is 7.55. The van der Waals surface area contributed by atoms with Crippen LogP contribution in [0.1, 0.15) is 51.8 Å². The second kappa shape index (κ2) is 16.6. The summed E-state index contributed by atoms with van der Waals surface area (Å²) in [5, 5.41) is 9.71. The van der Waals surface area contributed by atoms with Crippen molar-refractivity contribution in [3.8, 4) is 0 Å². The molecule has 0 aliphatic carbocycles. The largest absolute Gasteiger partial charge is 0.369 e. The van der Waals surface area contributed by atoms with E-state index < -0.39 is 0 Å². The van der Waals surface area contributed by atoms with Crippen LogP contribution in [0.2, 0.25) is 5.02 Å². The molecule has 7 rings (SSSR count). The Morgan fingerprint density at radius 1 is 0.925 bits per heavy atom. The van der Waals surface area contributed by atoms with E-state index in [4.69, 9.17) is 16.6 Å². The number of imide groups is 1. The Bertz CT molecular complexity index is 1940. The number of hydrogen-bond acceptors (Lipinski definition) is 12. The molecule has 4 aromatic rings. The summed E-state index contributed by atoms with van der Waals surface area (Å²) in [5.41, 5.74) is 3.62. The van der Waals surface area contributed by atoms with Crippen LogP contribution in [0.4, 0.5) is 28.1 Å². The van der Waals surface area contributed by atoms with Crippen LogP contribution in [0.3, 0.4) is 0 Å². The number of carbonyl (C=O) groups excluding carboxylic acids is 3. The number of aromatic nitrogens is 3. The third kappa shape index (κ3) is 9.13. The molecular formula is C38H45ClN10O3S. The standard InChI is InChI=1S/C38H45ClN10O3S/c1-25-6-3-9-30(39)35(25)45-37(52)31-24-40-38(53-31)43-32-23-33(42-26(2)41-32)49-20-16-47(17-21-49)13-5-12-46-14-18-48(19-15-46)28-8-4-7-27(22-28)29-10-11-34(50)44-36(29)51/h3-4,6-9,22-24,29H,5,10-21H2,1-2H3,(H,45,52)(H,44,50,51)(H,40,41,42,43). The van der Waals surface area contributed by atoms with E-state index in [-0.39, 0.29) is 23.6 Å². The monoisotopic (exact) mass is 756 g/mol. The van der Waals surface area contributed by atoms with Gasteiger partial charge in [0.2, 0.25) is 11.8 Å². The molecule has 1 unspecified atom stereocenters. The molecule has 3 N–H and O–H groups in total. The number of nitrogens with one attached hydrogen (secondary N) is 3. The lowest BCUT2D eigenvalue weighted by molar-refractivity contribution is -0.134. The van der Waals surface area contributed by atoms with Crippen LogP contribution in [-0.2, 0) is 9.59 Å².